The van der Waals surface area contributed by atoms with Crippen LogP contribution in [0.15, 0.2) is 30.3 Å². The Balaban J connectivity index is 1.38. The van der Waals surface area contributed by atoms with E-state index in [-0.39, 0.29) is 23.9 Å². The summed E-state index contributed by atoms with van der Waals surface area (Å²) in [7, 11) is 0. The van der Waals surface area contributed by atoms with Crippen LogP contribution in [0.3, 0.4) is 0 Å². The van der Waals surface area contributed by atoms with Gasteiger partial charge in [-0.3, -0.25) is 4.79 Å². The highest BCUT2D eigenvalue weighted by molar-refractivity contribution is 5.79. The monoisotopic (exact) mass is 329 g/mol. The molecule has 1 aliphatic carbocycles. The second kappa shape index (κ2) is 8.18. The second-order valence-corrected chi connectivity index (χ2v) is 6.90. The van der Waals surface area contributed by atoms with Crippen molar-refractivity contribution in [3.63, 3.8) is 0 Å². The van der Waals surface area contributed by atoms with Gasteiger partial charge in [-0.15, -0.1) is 0 Å². The number of benzene rings is 1. The number of nitrogens with zero attached hydrogens (tertiary/aromatic N) is 1. The average Bonchev–Trinajstić information content (AvgIpc) is 3.16. The summed E-state index contributed by atoms with van der Waals surface area (Å²) in [4.78, 5) is 26.3. The van der Waals surface area contributed by atoms with Gasteiger partial charge in [-0.25, -0.2) is 4.79 Å². The molecule has 1 aromatic rings. The van der Waals surface area contributed by atoms with E-state index in [1.165, 1.54) is 12.8 Å². The molecule has 130 valence electrons. The molecule has 0 spiro atoms. The predicted octanol–water partition coefficient (Wildman–Crippen LogP) is 2.67. The van der Waals surface area contributed by atoms with Gasteiger partial charge in [0.25, 0.3) is 0 Å². The van der Waals surface area contributed by atoms with Gasteiger partial charge in [0.05, 0.1) is 0 Å². The third kappa shape index (κ3) is 4.49. The second-order valence-electron chi connectivity index (χ2n) is 6.90. The molecule has 0 bridgehead atoms. The molecule has 3 amide bonds. The number of hydrogen-bond donors (Lipinski definition) is 2. The first kappa shape index (κ1) is 16.8. The maximum Gasteiger partial charge on any atom is 0.317 e. The van der Waals surface area contributed by atoms with Gasteiger partial charge in [0.15, 0.2) is 0 Å². The lowest BCUT2D eigenvalue weighted by Crippen LogP contribution is -2.50. The van der Waals surface area contributed by atoms with Gasteiger partial charge in [0.2, 0.25) is 5.91 Å². The van der Waals surface area contributed by atoms with Crippen LogP contribution >= 0.6 is 0 Å². The maximum atomic E-state index is 12.2. The number of carbonyl (C=O) groups excluding carboxylic acids is 2. The standard InChI is InChI=1S/C19H27N3O2/c23-18(16-8-4-5-9-16)21-17-10-12-22(13-11-17)19(24)20-14-15-6-2-1-3-7-15/h1-3,6-7,16-17H,4-5,8-14H2,(H,20,24)(H,21,23). The zero-order chi connectivity index (χ0) is 16.8. The van der Waals surface area contributed by atoms with E-state index in [9.17, 15) is 9.59 Å². The Labute approximate surface area is 143 Å². The Morgan fingerprint density at radius 1 is 1.00 bits per heavy atom. The predicted molar refractivity (Wildman–Crippen MR) is 93.4 cm³/mol. The van der Waals surface area contributed by atoms with Crippen molar-refractivity contribution in [1.29, 1.82) is 0 Å². The molecule has 2 aliphatic rings. The van der Waals surface area contributed by atoms with Crippen LogP contribution in [-0.4, -0.2) is 36.0 Å². The molecule has 0 atom stereocenters. The van der Waals surface area contributed by atoms with Crippen LogP contribution in [0.25, 0.3) is 0 Å². The molecular formula is C19H27N3O2. The van der Waals surface area contributed by atoms with Gasteiger partial charge < -0.3 is 15.5 Å². The smallest absolute Gasteiger partial charge is 0.317 e. The first-order chi connectivity index (χ1) is 11.7. The SMILES string of the molecule is O=C(NC1CCN(C(=O)NCc2ccccc2)CC1)C1CCCC1. The molecule has 1 aromatic carbocycles. The zero-order valence-corrected chi connectivity index (χ0v) is 14.2. The highest BCUT2D eigenvalue weighted by atomic mass is 16.2. The third-order valence-corrected chi connectivity index (χ3v) is 5.14. The highest BCUT2D eigenvalue weighted by Crippen LogP contribution is 2.25. The van der Waals surface area contributed by atoms with E-state index in [2.05, 4.69) is 10.6 Å². The quantitative estimate of drug-likeness (QED) is 0.892. The summed E-state index contributed by atoms with van der Waals surface area (Å²) in [5, 5.41) is 6.15. The van der Waals surface area contributed by atoms with Crippen molar-refractivity contribution in [2.45, 2.75) is 51.1 Å². The first-order valence-corrected chi connectivity index (χ1v) is 9.09. The first-order valence-electron chi connectivity index (χ1n) is 9.09. The van der Waals surface area contributed by atoms with Crippen LogP contribution in [0.1, 0.15) is 44.1 Å². The van der Waals surface area contributed by atoms with Gasteiger partial charge in [-0.2, -0.15) is 0 Å². The van der Waals surface area contributed by atoms with Gasteiger partial charge >= 0.3 is 6.03 Å². The summed E-state index contributed by atoms with van der Waals surface area (Å²) in [6.45, 7) is 1.96. The molecule has 0 aromatic heterocycles. The number of rotatable bonds is 4. The van der Waals surface area contributed by atoms with Crippen molar-refractivity contribution in [2.75, 3.05) is 13.1 Å². The van der Waals surface area contributed by atoms with Crippen LogP contribution in [0.2, 0.25) is 0 Å². The van der Waals surface area contributed by atoms with E-state index in [4.69, 9.17) is 0 Å². The summed E-state index contributed by atoms with van der Waals surface area (Å²) >= 11 is 0. The fourth-order valence-electron chi connectivity index (χ4n) is 3.62. The van der Waals surface area contributed by atoms with Crippen LogP contribution in [0.5, 0.6) is 0 Å². The molecule has 24 heavy (non-hydrogen) atoms. The van der Waals surface area contributed by atoms with Crippen molar-refractivity contribution in [3.8, 4) is 0 Å². The van der Waals surface area contributed by atoms with E-state index >= 15 is 0 Å². The Morgan fingerprint density at radius 3 is 2.33 bits per heavy atom. The number of likely N-dealkylation sites (tertiary alicyclic amines) is 1. The maximum absolute atomic E-state index is 12.2. The summed E-state index contributed by atoms with van der Waals surface area (Å²) < 4.78 is 0. The van der Waals surface area contributed by atoms with E-state index in [1.54, 1.807) is 0 Å². The Hall–Kier alpha value is -2.04. The van der Waals surface area contributed by atoms with Crippen molar-refractivity contribution >= 4 is 11.9 Å². The van der Waals surface area contributed by atoms with Crippen molar-refractivity contribution in [1.82, 2.24) is 15.5 Å². The molecule has 1 saturated carbocycles. The normalized spacial score (nSPS) is 19.2. The number of amides is 3. The lowest BCUT2D eigenvalue weighted by Gasteiger charge is -2.33. The van der Waals surface area contributed by atoms with Crippen LogP contribution in [-0.2, 0) is 11.3 Å². The number of urea groups is 1. The van der Waals surface area contributed by atoms with E-state index < -0.39 is 0 Å². The van der Waals surface area contributed by atoms with E-state index in [1.807, 2.05) is 35.2 Å². The summed E-state index contributed by atoms with van der Waals surface area (Å²) in [6, 6.07) is 10.1. The lowest BCUT2D eigenvalue weighted by atomic mass is 10.0. The number of piperidine rings is 1. The van der Waals surface area contributed by atoms with E-state index in [0.29, 0.717) is 19.6 Å². The average molecular weight is 329 g/mol. The van der Waals surface area contributed by atoms with Gasteiger partial charge in [-0.1, -0.05) is 43.2 Å². The molecule has 1 saturated heterocycles. The molecule has 1 aliphatic heterocycles. The molecule has 3 rings (SSSR count). The molecule has 0 unspecified atom stereocenters. The van der Waals surface area contributed by atoms with Crippen molar-refractivity contribution in [2.24, 2.45) is 5.92 Å². The molecule has 2 N–H and O–H groups in total. The fraction of sp³-hybridized carbons (Fsp3) is 0.579. The number of hydrogen-bond acceptors (Lipinski definition) is 2. The summed E-state index contributed by atoms with van der Waals surface area (Å²) in [6.07, 6.45) is 6.11. The number of carbonyl (C=O) groups is 2. The van der Waals surface area contributed by atoms with Gasteiger partial charge in [0.1, 0.15) is 0 Å². The summed E-state index contributed by atoms with van der Waals surface area (Å²) in [5.41, 5.74) is 1.10. The molecular weight excluding hydrogens is 302 g/mol. The largest absolute Gasteiger partial charge is 0.353 e. The molecule has 5 heteroatoms. The molecule has 2 fully saturated rings. The van der Waals surface area contributed by atoms with Gasteiger partial charge in [-0.05, 0) is 31.2 Å². The minimum atomic E-state index is -0.0144. The number of nitrogens with one attached hydrogen (secondary N) is 2. The van der Waals surface area contributed by atoms with Gasteiger partial charge in [0, 0.05) is 31.6 Å². The minimum Gasteiger partial charge on any atom is -0.353 e. The third-order valence-electron chi connectivity index (χ3n) is 5.14. The zero-order valence-electron chi connectivity index (χ0n) is 14.2. The van der Waals surface area contributed by atoms with E-state index in [0.717, 1.165) is 31.2 Å². The van der Waals surface area contributed by atoms with Crippen molar-refractivity contribution in [3.05, 3.63) is 35.9 Å². The Bertz CT molecular complexity index is 547. The Kier molecular flexibility index (Phi) is 5.72. The Morgan fingerprint density at radius 2 is 1.67 bits per heavy atom. The molecule has 5 nitrogen and oxygen atoms in total. The fourth-order valence-corrected chi connectivity index (χ4v) is 3.62. The minimum absolute atomic E-state index is 0.0144. The topological polar surface area (TPSA) is 61.4 Å². The highest BCUT2D eigenvalue weighted by Gasteiger charge is 2.27. The van der Waals surface area contributed by atoms with Crippen LogP contribution in [0, 0.1) is 5.92 Å². The van der Waals surface area contributed by atoms with Crippen LogP contribution < -0.4 is 10.6 Å². The molecule has 0 radical (unpaired) electrons. The van der Waals surface area contributed by atoms with Crippen LogP contribution in [0.4, 0.5) is 4.79 Å². The summed E-state index contributed by atoms with van der Waals surface area (Å²) in [5.74, 6) is 0.441. The molecule has 1 heterocycles. The van der Waals surface area contributed by atoms with Crippen molar-refractivity contribution < 1.29 is 9.59 Å². The lowest BCUT2D eigenvalue weighted by molar-refractivity contribution is -0.125.